The van der Waals surface area contributed by atoms with Crippen LogP contribution in [0.3, 0.4) is 0 Å². The van der Waals surface area contributed by atoms with Gasteiger partial charge in [0.2, 0.25) is 10.0 Å². The standard InChI is InChI=1S/C18H36N4O3S/c1-19-17(21-15-18(10-13-25-2)8-4-5-9-18)20-14-16-6-11-22(12-7-16)26(3,23)24/h16H,4-15H2,1-3H3,(H2,19,20,21). The predicted octanol–water partition coefficient (Wildman–Crippen LogP) is 1.42. The van der Waals surface area contributed by atoms with Gasteiger partial charge in [-0.3, -0.25) is 4.99 Å². The molecule has 1 aliphatic carbocycles. The molecule has 26 heavy (non-hydrogen) atoms. The highest BCUT2D eigenvalue weighted by Gasteiger charge is 2.33. The van der Waals surface area contributed by atoms with Crippen LogP contribution in [-0.2, 0) is 14.8 Å². The highest BCUT2D eigenvalue weighted by atomic mass is 32.2. The van der Waals surface area contributed by atoms with Gasteiger partial charge >= 0.3 is 0 Å². The quantitative estimate of drug-likeness (QED) is 0.485. The highest BCUT2D eigenvalue weighted by Crippen LogP contribution is 2.40. The minimum Gasteiger partial charge on any atom is -0.385 e. The number of ether oxygens (including phenoxy) is 1. The fraction of sp³-hybridized carbons (Fsp3) is 0.944. The Labute approximate surface area is 159 Å². The Morgan fingerprint density at radius 3 is 2.42 bits per heavy atom. The molecule has 0 spiro atoms. The van der Waals surface area contributed by atoms with Crippen LogP contribution in [0.5, 0.6) is 0 Å². The molecular formula is C18H36N4O3S. The Morgan fingerprint density at radius 1 is 1.23 bits per heavy atom. The van der Waals surface area contributed by atoms with Crippen LogP contribution in [0.15, 0.2) is 4.99 Å². The van der Waals surface area contributed by atoms with Gasteiger partial charge in [-0.25, -0.2) is 12.7 Å². The first kappa shape index (κ1) is 21.4. The van der Waals surface area contributed by atoms with Crippen LogP contribution in [0.2, 0.25) is 0 Å². The van der Waals surface area contributed by atoms with E-state index >= 15 is 0 Å². The van der Waals surface area contributed by atoms with Crippen LogP contribution in [0.25, 0.3) is 0 Å². The molecular weight excluding hydrogens is 352 g/mol. The minimum atomic E-state index is -3.05. The number of hydrogen-bond acceptors (Lipinski definition) is 4. The lowest BCUT2D eigenvalue weighted by molar-refractivity contribution is 0.138. The maximum atomic E-state index is 11.6. The minimum absolute atomic E-state index is 0.328. The van der Waals surface area contributed by atoms with E-state index in [0.717, 1.165) is 44.9 Å². The highest BCUT2D eigenvalue weighted by molar-refractivity contribution is 7.88. The van der Waals surface area contributed by atoms with Crippen molar-refractivity contribution in [2.75, 3.05) is 53.2 Å². The number of nitrogens with one attached hydrogen (secondary N) is 2. The van der Waals surface area contributed by atoms with Crippen molar-refractivity contribution >= 4 is 16.0 Å². The molecule has 1 aliphatic heterocycles. The summed E-state index contributed by atoms with van der Waals surface area (Å²) in [5.74, 6) is 1.33. The molecule has 1 heterocycles. The van der Waals surface area contributed by atoms with Gasteiger partial charge < -0.3 is 15.4 Å². The van der Waals surface area contributed by atoms with Crippen molar-refractivity contribution in [3.8, 4) is 0 Å². The van der Waals surface area contributed by atoms with Gasteiger partial charge in [0.15, 0.2) is 5.96 Å². The molecule has 2 N–H and O–H groups in total. The molecule has 0 unspecified atom stereocenters. The molecule has 0 aromatic carbocycles. The number of aliphatic imine (C=N–C) groups is 1. The van der Waals surface area contributed by atoms with Gasteiger partial charge in [-0.05, 0) is 43.4 Å². The Morgan fingerprint density at radius 2 is 1.88 bits per heavy atom. The number of rotatable bonds is 8. The van der Waals surface area contributed by atoms with Crippen molar-refractivity contribution in [1.29, 1.82) is 0 Å². The van der Waals surface area contributed by atoms with Gasteiger partial charge in [0.1, 0.15) is 0 Å². The molecule has 0 aromatic rings. The van der Waals surface area contributed by atoms with Gasteiger partial charge in [-0.1, -0.05) is 12.8 Å². The Kier molecular flexibility index (Phi) is 8.16. The van der Waals surface area contributed by atoms with Crippen molar-refractivity contribution in [2.45, 2.75) is 44.9 Å². The summed E-state index contributed by atoms with van der Waals surface area (Å²) < 4.78 is 30.1. The predicted molar refractivity (Wildman–Crippen MR) is 106 cm³/mol. The topological polar surface area (TPSA) is 83.0 Å². The van der Waals surface area contributed by atoms with Gasteiger partial charge in [0.25, 0.3) is 0 Å². The first-order valence-corrected chi connectivity index (χ1v) is 11.6. The average molecular weight is 389 g/mol. The summed E-state index contributed by atoms with van der Waals surface area (Å²) in [6.07, 6.45) is 9.29. The molecule has 0 amide bonds. The van der Waals surface area contributed by atoms with E-state index in [0.29, 0.717) is 24.4 Å². The van der Waals surface area contributed by atoms with Crippen LogP contribution in [0.4, 0.5) is 0 Å². The summed E-state index contributed by atoms with van der Waals surface area (Å²) in [6.45, 7) is 3.83. The van der Waals surface area contributed by atoms with E-state index in [9.17, 15) is 8.42 Å². The van der Waals surface area contributed by atoms with Crippen LogP contribution in [0, 0.1) is 11.3 Å². The number of nitrogens with zero attached hydrogens (tertiary/aromatic N) is 2. The van der Waals surface area contributed by atoms with Crippen LogP contribution < -0.4 is 10.6 Å². The van der Waals surface area contributed by atoms with E-state index in [1.165, 1.54) is 31.9 Å². The molecule has 7 nitrogen and oxygen atoms in total. The van der Waals surface area contributed by atoms with Crippen molar-refractivity contribution in [3.63, 3.8) is 0 Å². The SMILES string of the molecule is CN=C(NCC1CCN(S(C)(=O)=O)CC1)NCC1(CCOC)CCCC1. The summed E-state index contributed by atoms with van der Waals surface area (Å²) >= 11 is 0. The molecule has 2 fully saturated rings. The number of piperidine rings is 1. The van der Waals surface area contributed by atoms with Gasteiger partial charge in [0.05, 0.1) is 6.26 Å². The van der Waals surface area contributed by atoms with Crippen LogP contribution in [0.1, 0.15) is 44.9 Å². The molecule has 8 heteroatoms. The zero-order valence-electron chi connectivity index (χ0n) is 16.6. The summed E-state index contributed by atoms with van der Waals surface area (Å²) in [7, 11) is 0.522. The van der Waals surface area contributed by atoms with Crippen molar-refractivity contribution in [2.24, 2.45) is 16.3 Å². The van der Waals surface area contributed by atoms with E-state index in [1.54, 1.807) is 18.5 Å². The second-order valence-corrected chi connectivity index (χ2v) is 9.84. The summed E-state index contributed by atoms with van der Waals surface area (Å²) in [4.78, 5) is 4.36. The molecule has 0 aromatic heterocycles. The third-order valence-corrected chi connectivity index (χ3v) is 7.26. The maximum absolute atomic E-state index is 11.6. The molecule has 0 radical (unpaired) electrons. The van der Waals surface area contributed by atoms with E-state index in [4.69, 9.17) is 4.74 Å². The zero-order valence-corrected chi connectivity index (χ0v) is 17.4. The lowest BCUT2D eigenvalue weighted by atomic mass is 9.83. The smallest absolute Gasteiger partial charge is 0.211 e. The van der Waals surface area contributed by atoms with Crippen molar-refractivity contribution in [1.82, 2.24) is 14.9 Å². The first-order valence-electron chi connectivity index (χ1n) is 9.77. The fourth-order valence-corrected chi connectivity index (χ4v) is 5.01. The second kappa shape index (κ2) is 9.90. The number of methoxy groups -OCH3 is 1. The normalized spacial score (nSPS) is 22.5. The van der Waals surface area contributed by atoms with Gasteiger partial charge in [-0.15, -0.1) is 0 Å². The van der Waals surface area contributed by atoms with Crippen LogP contribution in [-0.4, -0.2) is 71.9 Å². The Hall–Kier alpha value is -0.860. The summed E-state index contributed by atoms with van der Waals surface area (Å²) in [6, 6.07) is 0. The Balaban J connectivity index is 1.74. The first-order chi connectivity index (χ1) is 12.4. The molecule has 2 aliphatic rings. The summed E-state index contributed by atoms with van der Waals surface area (Å²) in [5.41, 5.74) is 0.328. The zero-order chi connectivity index (χ0) is 19.0. The molecule has 1 saturated heterocycles. The number of sulfonamides is 1. The molecule has 2 rings (SSSR count). The third kappa shape index (κ3) is 6.39. The van der Waals surface area contributed by atoms with Gasteiger partial charge in [-0.2, -0.15) is 0 Å². The lowest BCUT2D eigenvalue weighted by Crippen LogP contribution is -2.46. The molecule has 0 bridgehead atoms. The van der Waals surface area contributed by atoms with E-state index in [1.807, 2.05) is 0 Å². The fourth-order valence-electron chi connectivity index (χ4n) is 4.14. The Bertz CT molecular complexity index is 551. The third-order valence-electron chi connectivity index (χ3n) is 5.96. The average Bonchev–Trinajstić information content (AvgIpc) is 3.09. The summed E-state index contributed by atoms with van der Waals surface area (Å²) in [5, 5.41) is 6.94. The van der Waals surface area contributed by atoms with Crippen LogP contribution >= 0.6 is 0 Å². The van der Waals surface area contributed by atoms with Crippen molar-refractivity contribution in [3.05, 3.63) is 0 Å². The van der Waals surface area contributed by atoms with E-state index in [2.05, 4.69) is 15.6 Å². The van der Waals surface area contributed by atoms with E-state index in [-0.39, 0.29) is 0 Å². The molecule has 0 atom stereocenters. The van der Waals surface area contributed by atoms with Crippen molar-refractivity contribution < 1.29 is 13.2 Å². The molecule has 1 saturated carbocycles. The number of hydrogen-bond donors (Lipinski definition) is 2. The number of guanidine groups is 1. The monoisotopic (exact) mass is 388 g/mol. The second-order valence-electron chi connectivity index (χ2n) is 7.86. The maximum Gasteiger partial charge on any atom is 0.211 e. The molecule has 152 valence electrons. The van der Waals surface area contributed by atoms with E-state index < -0.39 is 10.0 Å². The van der Waals surface area contributed by atoms with Gasteiger partial charge in [0, 0.05) is 46.9 Å². The largest absolute Gasteiger partial charge is 0.385 e. The lowest BCUT2D eigenvalue weighted by Gasteiger charge is -2.32.